The monoisotopic (exact) mass is 458 g/mol. The van der Waals surface area contributed by atoms with Gasteiger partial charge in [-0.3, -0.25) is 19.3 Å². The molecule has 0 bridgehead atoms. The van der Waals surface area contributed by atoms with E-state index in [2.05, 4.69) is 9.97 Å². The van der Waals surface area contributed by atoms with Crippen LogP contribution in [0.15, 0.2) is 67.0 Å². The Bertz CT molecular complexity index is 1210. The molecule has 8 nitrogen and oxygen atoms in total. The second-order valence-corrected chi connectivity index (χ2v) is 8.61. The van der Waals surface area contributed by atoms with Gasteiger partial charge in [-0.2, -0.15) is 0 Å². The number of carbonyl (C=O) groups is 3. The zero-order chi connectivity index (χ0) is 23.8. The molecule has 3 heterocycles. The minimum absolute atomic E-state index is 0.183. The number of aryl methyl sites for hydroxylation is 1. The number of hydrogen-bond acceptors (Lipinski definition) is 6. The normalized spacial score (nSPS) is 24.5. The van der Waals surface area contributed by atoms with Crippen LogP contribution in [0, 0.1) is 18.8 Å². The van der Waals surface area contributed by atoms with Gasteiger partial charge in [-0.05, 0) is 31.5 Å². The van der Waals surface area contributed by atoms with Crippen LogP contribution in [-0.4, -0.2) is 45.3 Å². The maximum Gasteiger partial charge on any atom is 0.324 e. The van der Waals surface area contributed by atoms with Crippen LogP contribution in [-0.2, 0) is 25.7 Å². The summed E-state index contributed by atoms with van der Waals surface area (Å²) < 4.78 is 5.43. The number of anilines is 1. The number of benzene rings is 2. The summed E-state index contributed by atoms with van der Waals surface area (Å²) in [4.78, 5) is 51.6. The summed E-state index contributed by atoms with van der Waals surface area (Å²) in [5.74, 6) is -2.82. The molecule has 4 atom stereocenters. The van der Waals surface area contributed by atoms with Crippen LogP contribution in [0.25, 0.3) is 0 Å². The first-order chi connectivity index (χ1) is 16.5. The highest BCUT2D eigenvalue weighted by molar-refractivity contribution is 6.23. The Morgan fingerprint density at radius 2 is 1.65 bits per heavy atom. The number of carbonyl (C=O) groups excluding carboxylic acids is 3. The van der Waals surface area contributed by atoms with Crippen molar-refractivity contribution in [2.75, 3.05) is 11.5 Å². The second kappa shape index (κ2) is 8.87. The number of H-pyrrole nitrogens is 1. The zero-order valence-corrected chi connectivity index (χ0v) is 19.0. The number of amides is 2. The Balaban J connectivity index is 1.65. The Hall–Kier alpha value is -3.78. The van der Waals surface area contributed by atoms with E-state index in [-0.39, 0.29) is 18.4 Å². The number of ether oxygens (including phenoxy) is 1. The van der Waals surface area contributed by atoms with Gasteiger partial charge in [0.1, 0.15) is 6.04 Å². The van der Waals surface area contributed by atoms with Crippen LogP contribution in [0.4, 0.5) is 5.69 Å². The van der Waals surface area contributed by atoms with Crippen molar-refractivity contribution in [1.29, 1.82) is 0 Å². The number of imide groups is 1. The van der Waals surface area contributed by atoms with Crippen molar-refractivity contribution in [2.24, 2.45) is 11.8 Å². The lowest BCUT2D eigenvalue weighted by Crippen LogP contribution is -2.46. The van der Waals surface area contributed by atoms with Gasteiger partial charge in [0, 0.05) is 12.2 Å². The molecule has 1 N–H and O–H groups in total. The maximum absolute atomic E-state index is 13.8. The molecule has 0 saturated carbocycles. The SMILES string of the molecule is CCOC(=O)C1[C@@H]2C(=O)N(c3ccccc3)C(=O)[C@@H]2[C@H](c2nc[nH]c2C)N1Cc1ccccc1. The summed E-state index contributed by atoms with van der Waals surface area (Å²) in [5.41, 5.74) is 2.93. The molecule has 2 amide bonds. The predicted molar refractivity (Wildman–Crippen MR) is 124 cm³/mol. The molecule has 8 heteroatoms. The topological polar surface area (TPSA) is 95.6 Å². The molecule has 174 valence electrons. The van der Waals surface area contributed by atoms with Gasteiger partial charge >= 0.3 is 5.97 Å². The summed E-state index contributed by atoms with van der Waals surface area (Å²) in [6.07, 6.45) is 1.58. The van der Waals surface area contributed by atoms with Gasteiger partial charge in [-0.25, -0.2) is 9.88 Å². The quantitative estimate of drug-likeness (QED) is 0.451. The Kier molecular flexibility index (Phi) is 5.75. The van der Waals surface area contributed by atoms with E-state index >= 15 is 0 Å². The van der Waals surface area contributed by atoms with Crippen molar-refractivity contribution in [3.05, 3.63) is 83.9 Å². The third kappa shape index (κ3) is 3.51. The average Bonchev–Trinajstić information content (AvgIpc) is 3.48. The second-order valence-electron chi connectivity index (χ2n) is 8.61. The number of fused-ring (bicyclic) bond motifs is 1. The molecule has 3 aromatic rings. The molecule has 2 fully saturated rings. The number of aromatic nitrogens is 2. The standard InChI is InChI=1S/C26H26N4O4/c1-3-34-26(33)23-20-19(24(31)30(25(20)32)18-12-8-5-9-13-18)22(21-16(2)27-15-28-21)29(23)14-17-10-6-4-7-11-17/h4-13,15,19-20,22-23H,3,14H2,1-2H3,(H,27,28)/t19-,20+,22+,23?/m0/s1. The Morgan fingerprint density at radius 3 is 2.26 bits per heavy atom. The lowest BCUT2D eigenvalue weighted by molar-refractivity contribution is -0.152. The van der Waals surface area contributed by atoms with E-state index in [1.165, 1.54) is 4.90 Å². The van der Waals surface area contributed by atoms with Gasteiger partial charge in [0.15, 0.2) is 0 Å². The van der Waals surface area contributed by atoms with Gasteiger partial charge < -0.3 is 9.72 Å². The van der Waals surface area contributed by atoms with Crippen molar-refractivity contribution in [3.63, 3.8) is 0 Å². The molecule has 0 radical (unpaired) electrons. The van der Waals surface area contributed by atoms with Crippen LogP contribution >= 0.6 is 0 Å². The van der Waals surface area contributed by atoms with Gasteiger partial charge in [-0.15, -0.1) is 0 Å². The highest BCUT2D eigenvalue weighted by Gasteiger charge is 2.65. The number of nitrogens with one attached hydrogen (secondary N) is 1. The first-order valence-electron chi connectivity index (χ1n) is 11.4. The number of para-hydroxylation sites is 1. The first kappa shape index (κ1) is 22.0. The van der Waals surface area contributed by atoms with Crippen molar-refractivity contribution < 1.29 is 19.1 Å². The maximum atomic E-state index is 13.8. The fourth-order valence-corrected chi connectivity index (χ4v) is 5.29. The molecule has 2 saturated heterocycles. The largest absolute Gasteiger partial charge is 0.465 e. The highest BCUT2D eigenvalue weighted by atomic mass is 16.5. The molecule has 2 aliphatic heterocycles. The molecule has 1 aromatic heterocycles. The van der Waals surface area contributed by atoms with Crippen LogP contribution in [0.5, 0.6) is 0 Å². The molecule has 34 heavy (non-hydrogen) atoms. The summed E-state index contributed by atoms with van der Waals surface area (Å²) in [6.45, 7) is 4.17. The third-order valence-electron chi connectivity index (χ3n) is 6.69. The number of likely N-dealkylation sites (tertiary alicyclic amines) is 1. The van der Waals surface area contributed by atoms with E-state index < -0.39 is 29.9 Å². The first-order valence-corrected chi connectivity index (χ1v) is 11.4. The van der Waals surface area contributed by atoms with E-state index in [0.717, 1.165) is 11.3 Å². The molecule has 2 aliphatic rings. The molecule has 5 rings (SSSR count). The van der Waals surface area contributed by atoms with Gasteiger partial charge in [-0.1, -0.05) is 48.5 Å². The molecular formula is C26H26N4O4. The van der Waals surface area contributed by atoms with E-state index in [4.69, 9.17) is 4.74 Å². The number of nitrogens with zero attached hydrogens (tertiary/aromatic N) is 3. The summed E-state index contributed by atoms with van der Waals surface area (Å²) in [6, 6.07) is 17.1. The Labute approximate surface area is 197 Å². The van der Waals surface area contributed by atoms with Crippen molar-refractivity contribution >= 4 is 23.5 Å². The van der Waals surface area contributed by atoms with E-state index in [1.54, 1.807) is 37.5 Å². The fourth-order valence-electron chi connectivity index (χ4n) is 5.29. The minimum atomic E-state index is -0.906. The van der Waals surface area contributed by atoms with Crippen molar-refractivity contribution in [1.82, 2.24) is 14.9 Å². The van der Waals surface area contributed by atoms with Crippen LogP contribution in [0.1, 0.15) is 29.9 Å². The summed E-state index contributed by atoms with van der Waals surface area (Å²) >= 11 is 0. The smallest absolute Gasteiger partial charge is 0.324 e. The highest BCUT2D eigenvalue weighted by Crippen LogP contribution is 2.51. The van der Waals surface area contributed by atoms with Gasteiger partial charge in [0.25, 0.3) is 0 Å². The van der Waals surface area contributed by atoms with Crippen molar-refractivity contribution in [3.8, 4) is 0 Å². The summed E-state index contributed by atoms with van der Waals surface area (Å²) in [7, 11) is 0. The lowest BCUT2D eigenvalue weighted by atomic mass is 9.88. The molecule has 0 aliphatic carbocycles. The lowest BCUT2D eigenvalue weighted by Gasteiger charge is -2.32. The number of rotatable bonds is 6. The number of imidazole rings is 1. The molecule has 1 unspecified atom stereocenters. The van der Waals surface area contributed by atoms with E-state index in [1.807, 2.05) is 48.2 Å². The average molecular weight is 459 g/mol. The number of hydrogen-bond donors (Lipinski definition) is 1. The van der Waals surface area contributed by atoms with Gasteiger partial charge in [0.05, 0.1) is 42.2 Å². The van der Waals surface area contributed by atoms with Gasteiger partial charge in [0.2, 0.25) is 11.8 Å². The fraction of sp³-hybridized carbons (Fsp3) is 0.308. The number of aromatic amines is 1. The molecule has 2 aromatic carbocycles. The van der Waals surface area contributed by atoms with Crippen LogP contribution in [0.3, 0.4) is 0 Å². The molecule has 0 spiro atoms. The van der Waals surface area contributed by atoms with Crippen LogP contribution in [0.2, 0.25) is 0 Å². The van der Waals surface area contributed by atoms with Crippen molar-refractivity contribution in [2.45, 2.75) is 32.5 Å². The van der Waals surface area contributed by atoms with E-state index in [9.17, 15) is 14.4 Å². The minimum Gasteiger partial charge on any atom is -0.465 e. The predicted octanol–water partition coefficient (Wildman–Crippen LogP) is 3.01. The number of esters is 1. The summed E-state index contributed by atoms with van der Waals surface area (Å²) in [5, 5.41) is 0. The third-order valence-corrected chi connectivity index (χ3v) is 6.69. The Morgan fingerprint density at radius 1 is 1.00 bits per heavy atom. The molecular weight excluding hydrogens is 432 g/mol. The zero-order valence-electron chi connectivity index (χ0n) is 19.0. The van der Waals surface area contributed by atoms with Crippen LogP contribution < -0.4 is 4.90 Å². The van der Waals surface area contributed by atoms with E-state index in [0.29, 0.717) is 17.9 Å².